The number of benzene rings is 2. The Morgan fingerprint density at radius 3 is 2.50 bits per heavy atom. The quantitative estimate of drug-likeness (QED) is 0.596. The van der Waals surface area contributed by atoms with E-state index in [9.17, 15) is 12.8 Å². The molecule has 2 rings (SSSR count). The number of nitrogens with two attached hydrogens (primary N) is 1. The van der Waals surface area contributed by atoms with E-state index in [2.05, 4.69) is 10.1 Å². The molecule has 0 saturated carbocycles. The first-order chi connectivity index (χ1) is 9.44. The summed E-state index contributed by atoms with van der Waals surface area (Å²) < 4.78 is 40.2. The van der Waals surface area contributed by atoms with Crippen LogP contribution in [0.3, 0.4) is 0 Å². The second-order valence-corrected chi connectivity index (χ2v) is 5.86. The van der Waals surface area contributed by atoms with Crippen LogP contribution in [-0.4, -0.2) is 8.42 Å². The average molecular weight is 295 g/mol. The van der Waals surface area contributed by atoms with Gasteiger partial charge in [0.2, 0.25) is 0 Å². The fourth-order valence-corrected chi connectivity index (χ4v) is 3.02. The van der Waals surface area contributed by atoms with Crippen molar-refractivity contribution in [2.75, 3.05) is 10.1 Å². The standard InChI is InChI=1S/C13H14FN3O2S/c1-9-6-7-10(14)8-12(9)17-20(18,19)13-5-3-2-4-11(13)16-15/h2-8,16-17H,15H2,1H3. The van der Waals surface area contributed by atoms with Crippen molar-refractivity contribution in [1.29, 1.82) is 0 Å². The minimum Gasteiger partial charge on any atom is -0.323 e. The van der Waals surface area contributed by atoms with Crippen LogP contribution in [0.2, 0.25) is 0 Å². The molecule has 7 heteroatoms. The van der Waals surface area contributed by atoms with Crippen molar-refractivity contribution in [2.24, 2.45) is 5.84 Å². The van der Waals surface area contributed by atoms with E-state index in [0.29, 0.717) is 5.56 Å². The maximum absolute atomic E-state index is 13.2. The van der Waals surface area contributed by atoms with Crippen molar-refractivity contribution in [3.8, 4) is 0 Å². The zero-order valence-corrected chi connectivity index (χ0v) is 11.5. The van der Waals surface area contributed by atoms with Crippen LogP contribution >= 0.6 is 0 Å². The van der Waals surface area contributed by atoms with Gasteiger partial charge in [-0.15, -0.1) is 0 Å². The van der Waals surface area contributed by atoms with Crippen LogP contribution in [0.25, 0.3) is 0 Å². The summed E-state index contributed by atoms with van der Waals surface area (Å²) in [5.41, 5.74) is 3.39. The monoisotopic (exact) mass is 295 g/mol. The smallest absolute Gasteiger partial charge is 0.264 e. The van der Waals surface area contributed by atoms with Crippen LogP contribution in [-0.2, 0) is 10.0 Å². The summed E-state index contributed by atoms with van der Waals surface area (Å²) in [5.74, 6) is 4.78. The number of nitrogen functional groups attached to an aromatic ring is 1. The molecular weight excluding hydrogens is 281 g/mol. The van der Waals surface area contributed by atoms with Crippen molar-refractivity contribution in [1.82, 2.24) is 0 Å². The first-order valence-electron chi connectivity index (χ1n) is 5.78. The molecule has 0 radical (unpaired) electrons. The normalized spacial score (nSPS) is 11.2. The summed E-state index contributed by atoms with van der Waals surface area (Å²) in [6.45, 7) is 1.68. The topological polar surface area (TPSA) is 84.2 Å². The van der Waals surface area contributed by atoms with Crippen molar-refractivity contribution in [2.45, 2.75) is 11.8 Å². The molecule has 0 spiro atoms. The van der Waals surface area contributed by atoms with Crippen LogP contribution in [0.5, 0.6) is 0 Å². The summed E-state index contributed by atoms with van der Waals surface area (Å²) in [7, 11) is -3.85. The number of anilines is 2. The molecule has 0 bridgehead atoms. The molecule has 0 atom stereocenters. The molecule has 0 aliphatic carbocycles. The molecule has 0 amide bonds. The van der Waals surface area contributed by atoms with Gasteiger partial charge in [0.15, 0.2) is 0 Å². The Hall–Kier alpha value is -2.12. The van der Waals surface area contributed by atoms with Crippen molar-refractivity contribution < 1.29 is 12.8 Å². The number of nitrogens with one attached hydrogen (secondary N) is 2. The predicted octanol–water partition coefficient (Wildman–Crippen LogP) is 2.22. The lowest BCUT2D eigenvalue weighted by Gasteiger charge is -2.13. The highest BCUT2D eigenvalue weighted by molar-refractivity contribution is 7.92. The Balaban J connectivity index is 2.43. The summed E-state index contributed by atoms with van der Waals surface area (Å²) in [5, 5.41) is 0. The molecule has 0 fully saturated rings. The first-order valence-corrected chi connectivity index (χ1v) is 7.27. The molecule has 20 heavy (non-hydrogen) atoms. The van der Waals surface area contributed by atoms with Gasteiger partial charge in [0, 0.05) is 0 Å². The van der Waals surface area contributed by atoms with Gasteiger partial charge in [-0.25, -0.2) is 12.8 Å². The highest BCUT2D eigenvalue weighted by Gasteiger charge is 2.19. The molecule has 2 aromatic rings. The number of aryl methyl sites for hydroxylation is 1. The Morgan fingerprint density at radius 2 is 1.80 bits per heavy atom. The molecule has 0 saturated heterocycles. The number of sulfonamides is 1. The number of halogens is 1. The summed E-state index contributed by atoms with van der Waals surface area (Å²) in [4.78, 5) is -0.00818. The third-order valence-corrected chi connectivity index (χ3v) is 4.20. The number of hydrazine groups is 1. The maximum atomic E-state index is 13.2. The molecule has 0 unspecified atom stereocenters. The van der Waals surface area contributed by atoms with Crippen molar-refractivity contribution in [3.63, 3.8) is 0 Å². The SMILES string of the molecule is Cc1ccc(F)cc1NS(=O)(=O)c1ccccc1NN. The van der Waals surface area contributed by atoms with Crippen LogP contribution in [0.4, 0.5) is 15.8 Å². The first kappa shape index (κ1) is 14.3. The van der Waals surface area contributed by atoms with Crippen molar-refractivity contribution in [3.05, 3.63) is 53.8 Å². The summed E-state index contributed by atoms with van der Waals surface area (Å²) >= 11 is 0. The van der Waals surface area contributed by atoms with Gasteiger partial charge in [-0.3, -0.25) is 10.6 Å². The molecule has 2 aromatic carbocycles. The van der Waals surface area contributed by atoms with Gasteiger partial charge >= 0.3 is 0 Å². The van der Waals surface area contributed by atoms with E-state index in [1.54, 1.807) is 19.1 Å². The lowest BCUT2D eigenvalue weighted by atomic mass is 10.2. The third kappa shape index (κ3) is 2.89. The Labute approximate surface area is 116 Å². The maximum Gasteiger partial charge on any atom is 0.264 e. The van der Waals surface area contributed by atoms with Crippen molar-refractivity contribution >= 4 is 21.4 Å². The van der Waals surface area contributed by atoms with Gasteiger partial charge in [-0.2, -0.15) is 0 Å². The second kappa shape index (κ2) is 5.48. The Kier molecular flexibility index (Phi) is 3.91. The number of hydrogen-bond donors (Lipinski definition) is 3. The number of hydrogen-bond acceptors (Lipinski definition) is 4. The minimum atomic E-state index is -3.85. The minimum absolute atomic E-state index is 0.00818. The molecule has 0 heterocycles. The van der Waals surface area contributed by atoms with E-state index in [4.69, 9.17) is 5.84 Å². The molecule has 4 N–H and O–H groups in total. The fourth-order valence-electron chi connectivity index (χ4n) is 1.72. The molecule has 106 valence electrons. The molecule has 0 aliphatic rings. The van der Waals surface area contributed by atoms with E-state index in [0.717, 1.165) is 6.07 Å². The molecule has 0 aliphatic heterocycles. The lowest BCUT2D eigenvalue weighted by molar-refractivity contribution is 0.601. The van der Waals surface area contributed by atoms with Crippen LogP contribution in [0, 0.1) is 12.7 Å². The summed E-state index contributed by atoms with van der Waals surface area (Å²) in [6.07, 6.45) is 0. The molecular formula is C13H14FN3O2S. The lowest BCUT2D eigenvalue weighted by Crippen LogP contribution is -2.18. The highest BCUT2D eigenvalue weighted by atomic mass is 32.2. The van der Waals surface area contributed by atoms with E-state index in [1.807, 2.05) is 0 Å². The molecule has 0 aromatic heterocycles. The van der Waals surface area contributed by atoms with Gasteiger partial charge in [-0.1, -0.05) is 18.2 Å². The zero-order valence-electron chi connectivity index (χ0n) is 10.7. The number of para-hydroxylation sites is 1. The highest BCUT2D eigenvalue weighted by Crippen LogP contribution is 2.24. The van der Waals surface area contributed by atoms with Gasteiger partial charge < -0.3 is 5.43 Å². The predicted molar refractivity (Wildman–Crippen MR) is 76.2 cm³/mol. The second-order valence-electron chi connectivity index (χ2n) is 4.21. The Bertz CT molecular complexity index is 732. The Morgan fingerprint density at radius 1 is 1.10 bits per heavy atom. The largest absolute Gasteiger partial charge is 0.323 e. The van der Waals surface area contributed by atoms with Gasteiger partial charge in [0.05, 0.1) is 11.4 Å². The molecule has 5 nitrogen and oxygen atoms in total. The van der Waals surface area contributed by atoms with E-state index >= 15 is 0 Å². The fraction of sp³-hybridized carbons (Fsp3) is 0.0769. The van der Waals surface area contributed by atoms with E-state index in [1.165, 1.54) is 24.3 Å². The van der Waals surface area contributed by atoms with Gasteiger partial charge in [0.1, 0.15) is 10.7 Å². The zero-order chi connectivity index (χ0) is 14.8. The van der Waals surface area contributed by atoms with Gasteiger partial charge in [0.25, 0.3) is 10.0 Å². The summed E-state index contributed by atoms with van der Waals surface area (Å²) in [6, 6.07) is 10.1. The van der Waals surface area contributed by atoms with Crippen LogP contribution in [0.15, 0.2) is 47.4 Å². The van der Waals surface area contributed by atoms with E-state index < -0.39 is 15.8 Å². The average Bonchev–Trinajstić information content (AvgIpc) is 2.42. The number of rotatable bonds is 4. The third-order valence-electron chi connectivity index (χ3n) is 2.78. The van der Waals surface area contributed by atoms with E-state index in [-0.39, 0.29) is 16.3 Å². The van der Waals surface area contributed by atoms with Crippen LogP contribution < -0.4 is 16.0 Å². The van der Waals surface area contributed by atoms with Gasteiger partial charge in [-0.05, 0) is 36.8 Å². The van der Waals surface area contributed by atoms with Crippen LogP contribution in [0.1, 0.15) is 5.56 Å².